The maximum Gasteiger partial charge on any atom is 0.119 e. The molecule has 2 nitrogen and oxygen atoms in total. The number of ether oxygens (including phenoxy) is 1. The first-order valence-corrected chi connectivity index (χ1v) is 8.46. The van der Waals surface area contributed by atoms with Gasteiger partial charge in [-0.05, 0) is 42.2 Å². The third kappa shape index (κ3) is 2.68. The molecule has 1 aliphatic carbocycles. The molecular formula is C18H18O2S. The Morgan fingerprint density at radius 2 is 1.81 bits per heavy atom. The second-order valence-electron chi connectivity index (χ2n) is 5.79. The highest BCUT2D eigenvalue weighted by Gasteiger charge is 2.30. The van der Waals surface area contributed by atoms with Gasteiger partial charge in [-0.2, -0.15) is 0 Å². The molecular weight excluding hydrogens is 280 g/mol. The minimum absolute atomic E-state index is 0.182. The molecule has 0 saturated heterocycles. The third-order valence-corrected chi connectivity index (χ3v) is 5.38. The van der Waals surface area contributed by atoms with E-state index in [1.807, 2.05) is 36.0 Å². The molecule has 2 aromatic rings. The van der Waals surface area contributed by atoms with Gasteiger partial charge >= 0.3 is 0 Å². The summed E-state index contributed by atoms with van der Waals surface area (Å²) in [5.74, 6) is 2.04. The molecule has 2 atom stereocenters. The fourth-order valence-corrected chi connectivity index (χ4v) is 4.08. The van der Waals surface area contributed by atoms with Crippen molar-refractivity contribution in [2.45, 2.75) is 35.9 Å². The Labute approximate surface area is 129 Å². The standard InChI is InChI=1S/C18H18O2S/c19-18(16-11-21-17-4-2-1-3-15(16)17)12-5-7-13(8-6-12)20-14-9-10-14/h1-8,14,16,18-19H,9-11H2. The van der Waals surface area contributed by atoms with E-state index in [0.29, 0.717) is 6.10 Å². The molecule has 1 aliphatic heterocycles. The van der Waals surface area contributed by atoms with Crippen molar-refractivity contribution in [3.8, 4) is 5.75 Å². The quantitative estimate of drug-likeness (QED) is 0.919. The average molecular weight is 298 g/mol. The number of hydrogen-bond acceptors (Lipinski definition) is 3. The van der Waals surface area contributed by atoms with E-state index < -0.39 is 6.10 Å². The SMILES string of the molecule is OC(c1ccc(OC2CC2)cc1)C1CSc2ccccc21. The van der Waals surface area contributed by atoms with E-state index in [1.54, 1.807) is 0 Å². The first kappa shape index (κ1) is 13.2. The van der Waals surface area contributed by atoms with Crippen LogP contribution in [0.25, 0.3) is 0 Å². The molecule has 2 aliphatic rings. The topological polar surface area (TPSA) is 29.5 Å². The lowest BCUT2D eigenvalue weighted by Gasteiger charge is -2.19. The van der Waals surface area contributed by atoms with E-state index in [2.05, 4.69) is 24.3 Å². The van der Waals surface area contributed by atoms with Crippen LogP contribution in [0.3, 0.4) is 0 Å². The second kappa shape index (κ2) is 5.39. The van der Waals surface area contributed by atoms with Gasteiger partial charge in [-0.25, -0.2) is 0 Å². The Bertz CT molecular complexity index is 634. The minimum Gasteiger partial charge on any atom is -0.490 e. The molecule has 0 radical (unpaired) electrons. The fraction of sp³-hybridized carbons (Fsp3) is 0.333. The Morgan fingerprint density at radius 3 is 2.57 bits per heavy atom. The highest BCUT2D eigenvalue weighted by Crippen LogP contribution is 2.45. The van der Waals surface area contributed by atoms with Gasteiger partial charge in [0, 0.05) is 16.6 Å². The Balaban J connectivity index is 1.53. The van der Waals surface area contributed by atoms with Gasteiger partial charge in [0.2, 0.25) is 0 Å². The molecule has 2 unspecified atom stereocenters. The predicted molar refractivity (Wildman–Crippen MR) is 85.0 cm³/mol. The van der Waals surface area contributed by atoms with E-state index in [4.69, 9.17) is 4.74 Å². The van der Waals surface area contributed by atoms with Gasteiger partial charge in [0.25, 0.3) is 0 Å². The smallest absolute Gasteiger partial charge is 0.119 e. The molecule has 4 rings (SSSR count). The van der Waals surface area contributed by atoms with Crippen LogP contribution in [0.1, 0.15) is 36.0 Å². The van der Waals surface area contributed by atoms with Crippen LogP contribution in [0.15, 0.2) is 53.4 Å². The van der Waals surface area contributed by atoms with Gasteiger partial charge in [-0.15, -0.1) is 11.8 Å². The Kier molecular flexibility index (Phi) is 3.40. The minimum atomic E-state index is -0.448. The van der Waals surface area contributed by atoms with Crippen LogP contribution >= 0.6 is 11.8 Å². The number of thioether (sulfide) groups is 1. The summed E-state index contributed by atoms with van der Waals surface area (Å²) in [5, 5.41) is 10.7. The lowest BCUT2D eigenvalue weighted by atomic mass is 9.91. The van der Waals surface area contributed by atoms with E-state index in [1.165, 1.54) is 23.3 Å². The highest BCUT2D eigenvalue weighted by atomic mass is 32.2. The van der Waals surface area contributed by atoms with Gasteiger partial charge in [-0.1, -0.05) is 30.3 Å². The molecule has 1 fully saturated rings. The monoisotopic (exact) mass is 298 g/mol. The third-order valence-electron chi connectivity index (χ3n) is 4.17. The van der Waals surface area contributed by atoms with E-state index in [-0.39, 0.29) is 5.92 Å². The van der Waals surface area contributed by atoms with Crippen molar-refractivity contribution < 1.29 is 9.84 Å². The molecule has 0 amide bonds. The van der Waals surface area contributed by atoms with Gasteiger partial charge < -0.3 is 9.84 Å². The van der Waals surface area contributed by atoms with Crippen molar-refractivity contribution in [2.24, 2.45) is 0 Å². The van der Waals surface area contributed by atoms with Crippen LogP contribution in [0.4, 0.5) is 0 Å². The maximum absolute atomic E-state index is 10.7. The van der Waals surface area contributed by atoms with Crippen LogP contribution in [0.5, 0.6) is 5.75 Å². The second-order valence-corrected chi connectivity index (χ2v) is 6.85. The summed E-state index contributed by atoms with van der Waals surface area (Å²) in [5.41, 5.74) is 2.24. The average Bonchev–Trinajstić information content (AvgIpc) is 3.23. The number of rotatable bonds is 4. The van der Waals surface area contributed by atoms with Crippen LogP contribution in [0, 0.1) is 0 Å². The van der Waals surface area contributed by atoms with Gasteiger partial charge in [0.05, 0.1) is 12.2 Å². The first-order valence-electron chi connectivity index (χ1n) is 7.47. The zero-order valence-corrected chi connectivity index (χ0v) is 12.6. The van der Waals surface area contributed by atoms with Gasteiger partial charge in [0.15, 0.2) is 0 Å². The molecule has 2 aromatic carbocycles. The van der Waals surface area contributed by atoms with Crippen molar-refractivity contribution in [2.75, 3.05) is 5.75 Å². The van der Waals surface area contributed by atoms with E-state index >= 15 is 0 Å². The highest BCUT2D eigenvalue weighted by molar-refractivity contribution is 7.99. The zero-order valence-electron chi connectivity index (χ0n) is 11.7. The molecule has 0 spiro atoms. The van der Waals surface area contributed by atoms with E-state index in [9.17, 15) is 5.11 Å². The summed E-state index contributed by atoms with van der Waals surface area (Å²) < 4.78 is 5.76. The molecule has 1 saturated carbocycles. The summed E-state index contributed by atoms with van der Waals surface area (Å²) in [6.45, 7) is 0. The van der Waals surface area contributed by atoms with Crippen LogP contribution in [-0.4, -0.2) is 17.0 Å². The summed E-state index contributed by atoms with van der Waals surface area (Å²) in [7, 11) is 0. The number of aliphatic hydroxyl groups excluding tert-OH is 1. The lowest BCUT2D eigenvalue weighted by Crippen LogP contribution is -2.10. The van der Waals surface area contributed by atoms with Crippen molar-refractivity contribution >= 4 is 11.8 Å². The van der Waals surface area contributed by atoms with Crippen molar-refractivity contribution in [3.05, 3.63) is 59.7 Å². The Morgan fingerprint density at radius 1 is 1.05 bits per heavy atom. The first-order chi connectivity index (χ1) is 10.3. The molecule has 3 heteroatoms. The predicted octanol–water partition coefficient (Wildman–Crippen LogP) is 4.15. The van der Waals surface area contributed by atoms with Gasteiger partial charge in [-0.3, -0.25) is 0 Å². The van der Waals surface area contributed by atoms with Crippen molar-refractivity contribution in [1.29, 1.82) is 0 Å². The molecule has 21 heavy (non-hydrogen) atoms. The van der Waals surface area contributed by atoms with Crippen molar-refractivity contribution in [1.82, 2.24) is 0 Å². The molecule has 0 aromatic heterocycles. The molecule has 1 N–H and O–H groups in total. The molecule has 108 valence electrons. The van der Waals surface area contributed by atoms with Crippen LogP contribution < -0.4 is 4.74 Å². The normalized spacial score (nSPS) is 21.9. The summed E-state index contributed by atoms with van der Waals surface area (Å²) in [4.78, 5) is 1.30. The maximum atomic E-state index is 10.7. The summed E-state index contributed by atoms with van der Waals surface area (Å²) >= 11 is 1.83. The fourth-order valence-electron chi connectivity index (χ4n) is 2.80. The number of benzene rings is 2. The summed E-state index contributed by atoms with van der Waals surface area (Å²) in [6.07, 6.45) is 2.30. The molecule has 0 bridgehead atoms. The van der Waals surface area contributed by atoms with Crippen LogP contribution in [0.2, 0.25) is 0 Å². The lowest BCUT2D eigenvalue weighted by molar-refractivity contribution is 0.153. The van der Waals surface area contributed by atoms with Crippen molar-refractivity contribution in [3.63, 3.8) is 0 Å². The summed E-state index contributed by atoms with van der Waals surface area (Å²) in [6, 6.07) is 16.3. The van der Waals surface area contributed by atoms with Crippen LogP contribution in [-0.2, 0) is 0 Å². The molecule has 1 heterocycles. The van der Waals surface area contributed by atoms with Gasteiger partial charge in [0.1, 0.15) is 5.75 Å². The zero-order chi connectivity index (χ0) is 14.2. The largest absolute Gasteiger partial charge is 0.490 e. The number of fused-ring (bicyclic) bond motifs is 1. The Hall–Kier alpha value is -1.45. The number of aliphatic hydroxyl groups is 1. The number of hydrogen-bond donors (Lipinski definition) is 1. The van der Waals surface area contributed by atoms with E-state index in [0.717, 1.165) is 17.1 Å².